The number of nitrogens with zero attached hydrogens (tertiary/aromatic N) is 1. The Morgan fingerprint density at radius 1 is 1.17 bits per heavy atom. The van der Waals surface area contributed by atoms with Crippen molar-refractivity contribution in [1.29, 1.82) is 0 Å². The van der Waals surface area contributed by atoms with E-state index in [1.165, 1.54) is 6.07 Å². The first-order valence-electron chi connectivity index (χ1n) is 8.09. The Kier molecular flexibility index (Phi) is 4.43. The number of esters is 1. The van der Waals surface area contributed by atoms with Gasteiger partial charge in [-0.15, -0.1) is 0 Å². The number of nitrogens with one attached hydrogen (secondary N) is 1. The van der Waals surface area contributed by atoms with Crippen LogP contribution >= 0.6 is 0 Å². The van der Waals surface area contributed by atoms with Crippen LogP contribution in [0, 0.1) is 5.82 Å². The van der Waals surface area contributed by atoms with Gasteiger partial charge in [-0.1, -0.05) is 0 Å². The number of carbonyl (C=O) groups is 1. The van der Waals surface area contributed by atoms with Crippen LogP contribution in [-0.4, -0.2) is 43.4 Å². The number of benzene rings is 1. The summed E-state index contributed by atoms with van der Waals surface area (Å²) in [6, 6.07) is 4.60. The number of cyclic esters (lactones) is 1. The molecule has 5 nitrogen and oxygen atoms in total. The molecule has 2 aliphatic rings. The molecular formula is C17H23FN2O3. The van der Waals surface area contributed by atoms with E-state index >= 15 is 0 Å². The molecule has 0 aliphatic carbocycles. The summed E-state index contributed by atoms with van der Waals surface area (Å²) in [7, 11) is 0. The van der Waals surface area contributed by atoms with Gasteiger partial charge in [0.15, 0.2) is 0 Å². The Morgan fingerprint density at radius 3 is 2.43 bits per heavy atom. The maximum Gasteiger partial charge on any atom is 0.328 e. The van der Waals surface area contributed by atoms with E-state index in [-0.39, 0.29) is 30.1 Å². The second kappa shape index (κ2) is 6.35. The summed E-state index contributed by atoms with van der Waals surface area (Å²) in [5.41, 5.74) is 1.16. The minimum Gasteiger partial charge on any atom is -0.461 e. The molecule has 2 aliphatic heterocycles. The predicted octanol–water partition coefficient (Wildman–Crippen LogP) is 2.56. The van der Waals surface area contributed by atoms with Crippen molar-refractivity contribution >= 4 is 17.3 Å². The molecule has 23 heavy (non-hydrogen) atoms. The molecule has 1 N–H and O–H groups in total. The van der Waals surface area contributed by atoms with Crippen LogP contribution in [0.5, 0.6) is 0 Å². The zero-order chi connectivity index (χ0) is 16.6. The molecule has 2 heterocycles. The molecule has 0 saturated carbocycles. The van der Waals surface area contributed by atoms with Crippen LogP contribution in [0.15, 0.2) is 18.2 Å². The third-order valence-electron chi connectivity index (χ3n) is 4.22. The summed E-state index contributed by atoms with van der Waals surface area (Å²) in [6.07, 6.45) is 0.651. The maximum absolute atomic E-state index is 14.5. The average Bonchev–Trinajstić information content (AvgIpc) is 2.75. The van der Waals surface area contributed by atoms with Gasteiger partial charge >= 0.3 is 5.97 Å². The molecule has 0 unspecified atom stereocenters. The molecule has 4 atom stereocenters. The topological polar surface area (TPSA) is 50.8 Å². The fourth-order valence-electron chi connectivity index (χ4n) is 3.30. The molecule has 6 heteroatoms. The fourth-order valence-corrected chi connectivity index (χ4v) is 3.30. The first-order valence-corrected chi connectivity index (χ1v) is 8.09. The third kappa shape index (κ3) is 3.58. The lowest BCUT2D eigenvalue weighted by molar-refractivity contribution is -0.141. The molecule has 126 valence electrons. The van der Waals surface area contributed by atoms with E-state index in [0.29, 0.717) is 30.9 Å². The van der Waals surface area contributed by atoms with Crippen LogP contribution in [0.2, 0.25) is 0 Å². The van der Waals surface area contributed by atoms with Crippen molar-refractivity contribution in [2.75, 3.05) is 23.3 Å². The number of halogens is 1. The maximum atomic E-state index is 14.5. The average molecular weight is 322 g/mol. The van der Waals surface area contributed by atoms with Crippen LogP contribution in [0.25, 0.3) is 0 Å². The Morgan fingerprint density at radius 2 is 1.87 bits per heavy atom. The van der Waals surface area contributed by atoms with Crippen molar-refractivity contribution in [2.24, 2.45) is 0 Å². The normalized spacial score (nSPS) is 31.1. The lowest BCUT2D eigenvalue weighted by Gasteiger charge is -2.37. The van der Waals surface area contributed by atoms with Gasteiger partial charge in [0, 0.05) is 25.2 Å². The SMILES string of the molecule is C[C@@H]1C[C@H](Nc2ccc(N3C[C@@H](C)O[C@H](C)C3)c(F)c2)C(=O)O1. The highest BCUT2D eigenvalue weighted by molar-refractivity contribution is 5.81. The highest BCUT2D eigenvalue weighted by atomic mass is 19.1. The van der Waals surface area contributed by atoms with Crippen molar-refractivity contribution in [1.82, 2.24) is 0 Å². The molecule has 1 aromatic rings. The molecular weight excluding hydrogens is 299 g/mol. The van der Waals surface area contributed by atoms with E-state index in [1.807, 2.05) is 25.7 Å². The van der Waals surface area contributed by atoms with Crippen LogP contribution in [0.3, 0.4) is 0 Å². The van der Waals surface area contributed by atoms with Crippen molar-refractivity contribution in [2.45, 2.75) is 51.5 Å². The second-order valence-corrected chi connectivity index (χ2v) is 6.51. The number of rotatable bonds is 3. The van der Waals surface area contributed by atoms with Crippen molar-refractivity contribution in [3.05, 3.63) is 24.0 Å². The molecule has 0 amide bonds. The summed E-state index contributed by atoms with van der Waals surface area (Å²) in [6.45, 7) is 7.16. The van der Waals surface area contributed by atoms with Gasteiger partial charge in [0.2, 0.25) is 0 Å². The minimum absolute atomic E-state index is 0.0747. The van der Waals surface area contributed by atoms with Gasteiger partial charge in [0.05, 0.1) is 17.9 Å². The molecule has 0 aromatic heterocycles. The standard InChI is InChI=1S/C17H23FN2O3/c1-10-6-15(17(21)23-10)19-13-4-5-16(14(18)7-13)20-8-11(2)22-12(3)9-20/h4-5,7,10-12,15,19H,6,8-9H2,1-3H3/t10-,11-,12-,15+/m1/s1. The first-order chi connectivity index (χ1) is 10.9. The van der Waals surface area contributed by atoms with E-state index in [0.717, 1.165) is 0 Å². The summed E-state index contributed by atoms with van der Waals surface area (Å²) >= 11 is 0. The van der Waals surface area contributed by atoms with E-state index in [2.05, 4.69) is 5.32 Å². The van der Waals surface area contributed by atoms with Gasteiger partial charge < -0.3 is 19.7 Å². The van der Waals surface area contributed by atoms with Gasteiger partial charge in [-0.3, -0.25) is 0 Å². The van der Waals surface area contributed by atoms with Gasteiger partial charge in [0.25, 0.3) is 0 Å². The summed E-state index contributed by atoms with van der Waals surface area (Å²) < 4.78 is 25.3. The number of carbonyl (C=O) groups excluding carboxylic acids is 1. The smallest absolute Gasteiger partial charge is 0.328 e. The number of ether oxygens (including phenoxy) is 2. The molecule has 0 bridgehead atoms. The van der Waals surface area contributed by atoms with E-state index in [9.17, 15) is 9.18 Å². The first kappa shape index (κ1) is 16.1. The molecule has 1 aromatic carbocycles. The zero-order valence-corrected chi connectivity index (χ0v) is 13.7. The van der Waals surface area contributed by atoms with E-state index < -0.39 is 6.04 Å². The van der Waals surface area contributed by atoms with Crippen LogP contribution in [0.1, 0.15) is 27.2 Å². The van der Waals surface area contributed by atoms with E-state index in [1.54, 1.807) is 12.1 Å². The Hall–Kier alpha value is -1.82. The van der Waals surface area contributed by atoms with Gasteiger partial charge in [0.1, 0.15) is 18.0 Å². The van der Waals surface area contributed by atoms with Gasteiger partial charge in [-0.05, 0) is 39.0 Å². The third-order valence-corrected chi connectivity index (χ3v) is 4.22. The Bertz CT molecular complexity index is 585. The molecule has 2 saturated heterocycles. The van der Waals surface area contributed by atoms with Gasteiger partial charge in [-0.25, -0.2) is 9.18 Å². The number of hydrogen-bond donors (Lipinski definition) is 1. The molecule has 0 radical (unpaired) electrons. The highest BCUT2D eigenvalue weighted by Crippen LogP contribution is 2.27. The molecule has 0 spiro atoms. The lowest BCUT2D eigenvalue weighted by atomic mass is 10.1. The monoisotopic (exact) mass is 322 g/mol. The Balaban J connectivity index is 1.72. The molecule has 3 rings (SSSR count). The minimum atomic E-state index is -0.404. The fraction of sp³-hybridized carbons (Fsp3) is 0.588. The zero-order valence-electron chi connectivity index (χ0n) is 13.7. The van der Waals surface area contributed by atoms with Crippen molar-refractivity contribution in [3.63, 3.8) is 0 Å². The summed E-state index contributed by atoms with van der Waals surface area (Å²) in [5.74, 6) is -0.575. The van der Waals surface area contributed by atoms with Crippen LogP contribution < -0.4 is 10.2 Å². The summed E-state index contributed by atoms with van der Waals surface area (Å²) in [4.78, 5) is 13.7. The number of morpholine rings is 1. The second-order valence-electron chi connectivity index (χ2n) is 6.51. The quantitative estimate of drug-likeness (QED) is 0.867. The van der Waals surface area contributed by atoms with Crippen LogP contribution in [-0.2, 0) is 14.3 Å². The molecule has 2 fully saturated rings. The Labute approximate surface area is 135 Å². The number of anilines is 2. The van der Waals surface area contributed by atoms with Crippen molar-refractivity contribution < 1.29 is 18.7 Å². The number of hydrogen-bond acceptors (Lipinski definition) is 5. The van der Waals surface area contributed by atoms with Crippen molar-refractivity contribution in [3.8, 4) is 0 Å². The van der Waals surface area contributed by atoms with Gasteiger partial charge in [-0.2, -0.15) is 0 Å². The summed E-state index contributed by atoms with van der Waals surface area (Å²) in [5, 5.41) is 3.05. The lowest BCUT2D eigenvalue weighted by Crippen LogP contribution is -2.45. The van der Waals surface area contributed by atoms with E-state index in [4.69, 9.17) is 9.47 Å². The highest BCUT2D eigenvalue weighted by Gasteiger charge is 2.32. The predicted molar refractivity (Wildman–Crippen MR) is 86.2 cm³/mol. The van der Waals surface area contributed by atoms with Crippen LogP contribution in [0.4, 0.5) is 15.8 Å². The largest absolute Gasteiger partial charge is 0.461 e.